The Balaban J connectivity index is 1.47. The molecule has 1 atom stereocenters. The molecule has 1 aliphatic heterocycles. The van der Waals surface area contributed by atoms with E-state index in [1.165, 1.54) is 11.1 Å². The molecule has 2 heterocycles. The first-order valence-electron chi connectivity index (χ1n) is 11.5. The zero-order valence-electron chi connectivity index (χ0n) is 19.4. The van der Waals surface area contributed by atoms with Crippen LogP contribution in [-0.4, -0.2) is 29.1 Å². The Bertz CT molecular complexity index is 1270. The zero-order valence-corrected chi connectivity index (χ0v) is 19.4. The number of anilines is 1. The van der Waals surface area contributed by atoms with Crippen molar-refractivity contribution >= 4 is 22.6 Å². The molecule has 0 saturated carbocycles. The van der Waals surface area contributed by atoms with E-state index in [4.69, 9.17) is 9.72 Å². The average molecular weight is 440 g/mol. The van der Waals surface area contributed by atoms with E-state index >= 15 is 0 Å². The number of imidazole rings is 1. The fourth-order valence-corrected chi connectivity index (χ4v) is 4.65. The highest BCUT2D eigenvalue weighted by atomic mass is 16.5. The molecule has 5 nitrogen and oxygen atoms in total. The number of fused-ring (bicyclic) bond motifs is 1. The van der Waals surface area contributed by atoms with Gasteiger partial charge in [0.05, 0.1) is 18.1 Å². The summed E-state index contributed by atoms with van der Waals surface area (Å²) in [5, 5.41) is 0. The molecule has 5 rings (SSSR count). The van der Waals surface area contributed by atoms with E-state index in [1.807, 2.05) is 35.2 Å². The summed E-state index contributed by atoms with van der Waals surface area (Å²) < 4.78 is 7.55. The fourth-order valence-electron chi connectivity index (χ4n) is 4.65. The van der Waals surface area contributed by atoms with Crippen molar-refractivity contribution in [1.29, 1.82) is 0 Å². The van der Waals surface area contributed by atoms with Crippen LogP contribution in [0.2, 0.25) is 0 Å². The van der Waals surface area contributed by atoms with Gasteiger partial charge in [-0.1, -0.05) is 50.2 Å². The largest absolute Gasteiger partial charge is 0.497 e. The second-order valence-corrected chi connectivity index (χ2v) is 9.04. The highest BCUT2D eigenvalue weighted by Gasteiger charge is 2.34. The molecule has 0 N–H and O–H groups in total. The standard InChI is InChI=1S/C28H29N3O2/c1-19(2)21-10-8-20(9-11-21)17-31-26-7-5-4-6-25(26)29-28(31)22-16-27(32)30(18-22)23-12-14-24(33-3)15-13-23/h4-15,19,22H,16-18H2,1-3H3/t22-/m0/s1. The van der Waals surface area contributed by atoms with Gasteiger partial charge in [-0.25, -0.2) is 4.98 Å². The van der Waals surface area contributed by atoms with Crippen LogP contribution in [0.15, 0.2) is 72.8 Å². The first-order chi connectivity index (χ1) is 16.0. The van der Waals surface area contributed by atoms with Crippen LogP contribution in [0.3, 0.4) is 0 Å². The molecule has 4 aromatic rings. The minimum Gasteiger partial charge on any atom is -0.497 e. The Labute approximate surface area is 194 Å². The molecule has 0 bridgehead atoms. The van der Waals surface area contributed by atoms with Gasteiger partial charge in [-0.15, -0.1) is 0 Å². The lowest BCUT2D eigenvalue weighted by atomic mass is 10.0. The van der Waals surface area contributed by atoms with E-state index < -0.39 is 0 Å². The molecule has 0 radical (unpaired) electrons. The number of methoxy groups -OCH3 is 1. The molecular formula is C28H29N3O2. The van der Waals surface area contributed by atoms with Crippen molar-refractivity contribution in [3.05, 3.63) is 89.7 Å². The lowest BCUT2D eigenvalue weighted by molar-refractivity contribution is -0.117. The van der Waals surface area contributed by atoms with E-state index in [0.717, 1.165) is 34.8 Å². The number of carbonyl (C=O) groups is 1. The average Bonchev–Trinajstić information content (AvgIpc) is 3.40. The van der Waals surface area contributed by atoms with Gasteiger partial charge in [-0.3, -0.25) is 4.79 Å². The van der Waals surface area contributed by atoms with Crippen molar-refractivity contribution in [3.8, 4) is 5.75 Å². The molecule has 1 aliphatic rings. The summed E-state index contributed by atoms with van der Waals surface area (Å²) in [5.74, 6) is 2.45. The van der Waals surface area contributed by atoms with E-state index in [9.17, 15) is 4.79 Å². The van der Waals surface area contributed by atoms with Crippen LogP contribution in [0.1, 0.15) is 49.1 Å². The number of hydrogen-bond donors (Lipinski definition) is 0. The first kappa shape index (κ1) is 21.3. The minimum atomic E-state index is 0.0435. The predicted molar refractivity (Wildman–Crippen MR) is 132 cm³/mol. The smallest absolute Gasteiger partial charge is 0.227 e. The maximum absolute atomic E-state index is 13.0. The molecule has 1 saturated heterocycles. The van der Waals surface area contributed by atoms with Crippen LogP contribution < -0.4 is 9.64 Å². The number of nitrogens with zero attached hydrogens (tertiary/aromatic N) is 3. The van der Waals surface area contributed by atoms with Gasteiger partial charge in [0, 0.05) is 31.1 Å². The number of amides is 1. The highest BCUT2D eigenvalue weighted by Crippen LogP contribution is 2.34. The van der Waals surface area contributed by atoms with E-state index in [2.05, 4.69) is 60.9 Å². The Morgan fingerprint density at radius 2 is 1.73 bits per heavy atom. The summed E-state index contributed by atoms with van der Waals surface area (Å²) in [6, 6.07) is 24.7. The second-order valence-electron chi connectivity index (χ2n) is 9.04. The first-order valence-corrected chi connectivity index (χ1v) is 11.5. The number of para-hydroxylation sites is 2. The zero-order chi connectivity index (χ0) is 22.9. The Morgan fingerprint density at radius 1 is 1.00 bits per heavy atom. The lowest BCUT2D eigenvalue weighted by Gasteiger charge is -2.18. The van der Waals surface area contributed by atoms with Crippen molar-refractivity contribution in [2.24, 2.45) is 0 Å². The normalized spacial score (nSPS) is 16.2. The maximum Gasteiger partial charge on any atom is 0.227 e. The second kappa shape index (κ2) is 8.74. The predicted octanol–water partition coefficient (Wildman–Crippen LogP) is 5.74. The number of carbonyl (C=O) groups excluding carboxylic acids is 1. The van der Waals surface area contributed by atoms with Gasteiger partial charge in [0.1, 0.15) is 11.6 Å². The fraction of sp³-hybridized carbons (Fsp3) is 0.286. The van der Waals surface area contributed by atoms with Gasteiger partial charge in [-0.05, 0) is 53.4 Å². The van der Waals surface area contributed by atoms with Crippen LogP contribution in [0.5, 0.6) is 5.75 Å². The van der Waals surface area contributed by atoms with Crippen LogP contribution in [0.25, 0.3) is 11.0 Å². The molecule has 1 aromatic heterocycles. The van der Waals surface area contributed by atoms with Crippen molar-refractivity contribution in [2.45, 2.75) is 38.6 Å². The summed E-state index contributed by atoms with van der Waals surface area (Å²) in [7, 11) is 1.65. The third-order valence-corrected chi connectivity index (χ3v) is 6.55. The molecule has 1 fully saturated rings. The molecule has 33 heavy (non-hydrogen) atoms. The van der Waals surface area contributed by atoms with E-state index in [0.29, 0.717) is 18.9 Å². The Kier molecular flexibility index (Phi) is 5.63. The SMILES string of the molecule is COc1ccc(N2C[C@@H](c3nc4ccccc4n3Cc3ccc(C(C)C)cc3)CC2=O)cc1. The molecular weight excluding hydrogens is 410 g/mol. The van der Waals surface area contributed by atoms with E-state index in [1.54, 1.807) is 7.11 Å². The topological polar surface area (TPSA) is 47.4 Å². The van der Waals surface area contributed by atoms with Gasteiger partial charge in [0.2, 0.25) is 5.91 Å². The van der Waals surface area contributed by atoms with Gasteiger partial charge < -0.3 is 14.2 Å². The number of aromatic nitrogens is 2. The number of rotatable bonds is 6. The molecule has 0 spiro atoms. The number of hydrogen-bond acceptors (Lipinski definition) is 3. The van der Waals surface area contributed by atoms with Gasteiger partial charge >= 0.3 is 0 Å². The minimum absolute atomic E-state index is 0.0435. The summed E-state index contributed by atoms with van der Waals surface area (Å²) in [6.07, 6.45) is 0.460. The molecule has 0 unspecified atom stereocenters. The van der Waals surface area contributed by atoms with Crippen LogP contribution in [0, 0.1) is 0 Å². The van der Waals surface area contributed by atoms with E-state index in [-0.39, 0.29) is 11.8 Å². The third-order valence-electron chi connectivity index (χ3n) is 6.55. The Morgan fingerprint density at radius 3 is 2.42 bits per heavy atom. The number of benzene rings is 3. The molecule has 168 valence electrons. The maximum atomic E-state index is 13.0. The monoisotopic (exact) mass is 439 g/mol. The molecule has 5 heteroatoms. The van der Waals surface area contributed by atoms with Crippen molar-refractivity contribution in [2.75, 3.05) is 18.6 Å². The summed E-state index contributed by atoms with van der Waals surface area (Å²) in [4.78, 5) is 19.8. The van der Waals surface area contributed by atoms with Crippen LogP contribution in [0.4, 0.5) is 5.69 Å². The van der Waals surface area contributed by atoms with Crippen LogP contribution >= 0.6 is 0 Å². The lowest BCUT2D eigenvalue weighted by Crippen LogP contribution is -2.24. The van der Waals surface area contributed by atoms with Crippen LogP contribution in [-0.2, 0) is 11.3 Å². The third kappa shape index (κ3) is 4.11. The summed E-state index contributed by atoms with van der Waals surface area (Å²) in [6.45, 7) is 5.78. The molecule has 1 amide bonds. The quantitative estimate of drug-likeness (QED) is 0.385. The Hall–Kier alpha value is -3.60. The van der Waals surface area contributed by atoms with Crippen molar-refractivity contribution in [3.63, 3.8) is 0 Å². The van der Waals surface area contributed by atoms with Gasteiger partial charge in [-0.2, -0.15) is 0 Å². The van der Waals surface area contributed by atoms with Gasteiger partial charge in [0.15, 0.2) is 0 Å². The molecule has 3 aromatic carbocycles. The number of ether oxygens (including phenoxy) is 1. The van der Waals surface area contributed by atoms with Gasteiger partial charge in [0.25, 0.3) is 0 Å². The molecule has 0 aliphatic carbocycles. The van der Waals surface area contributed by atoms with Crippen molar-refractivity contribution < 1.29 is 9.53 Å². The summed E-state index contributed by atoms with van der Waals surface area (Å²) in [5.41, 5.74) is 5.55. The van der Waals surface area contributed by atoms with Crippen molar-refractivity contribution in [1.82, 2.24) is 9.55 Å². The highest BCUT2D eigenvalue weighted by molar-refractivity contribution is 5.96. The summed E-state index contributed by atoms with van der Waals surface area (Å²) >= 11 is 0.